The first kappa shape index (κ1) is 17.8. The third-order valence-corrected chi connectivity index (χ3v) is 4.10. The molecule has 1 amide bonds. The normalized spacial score (nSPS) is 10.7. The van der Waals surface area contributed by atoms with E-state index in [0.717, 1.165) is 0 Å². The first-order valence-electron chi connectivity index (χ1n) is 7.16. The number of rotatable bonds is 7. The number of methoxy groups -OCH3 is 1. The highest BCUT2D eigenvalue weighted by atomic mass is 32.2. The molecule has 0 saturated carbocycles. The Kier molecular flexibility index (Phi) is 5.80. The molecule has 1 heterocycles. The van der Waals surface area contributed by atoms with Crippen molar-refractivity contribution in [1.82, 2.24) is 14.8 Å². The number of hydrogen-bond donors (Lipinski definition) is 2. The summed E-state index contributed by atoms with van der Waals surface area (Å²) < 4.78 is 6.91. The standard InChI is InChI=1S/C15H18N4O4S/c1-9(2)19-8-16-18-15(19)24-7-13(20)17-10-4-5-11(14(21)22)12(6-10)23-3/h4-6,8-9H,7H2,1-3H3,(H,17,20)(H,21,22). The van der Waals surface area contributed by atoms with Crippen molar-refractivity contribution >= 4 is 29.3 Å². The van der Waals surface area contributed by atoms with Gasteiger partial charge in [0.2, 0.25) is 5.91 Å². The molecule has 0 atom stereocenters. The smallest absolute Gasteiger partial charge is 0.339 e. The second-order valence-electron chi connectivity index (χ2n) is 5.17. The number of amides is 1. The Morgan fingerprint density at radius 1 is 1.42 bits per heavy atom. The topological polar surface area (TPSA) is 106 Å². The van der Waals surface area contributed by atoms with Crippen LogP contribution in [0.5, 0.6) is 5.75 Å². The lowest BCUT2D eigenvalue weighted by molar-refractivity contribution is -0.113. The van der Waals surface area contributed by atoms with Gasteiger partial charge in [-0.05, 0) is 26.0 Å². The van der Waals surface area contributed by atoms with Gasteiger partial charge >= 0.3 is 5.97 Å². The molecule has 9 heteroatoms. The molecule has 0 aliphatic carbocycles. The highest BCUT2D eigenvalue weighted by Crippen LogP contribution is 2.24. The Balaban J connectivity index is 1.99. The van der Waals surface area contributed by atoms with Crippen molar-refractivity contribution in [3.05, 3.63) is 30.1 Å². The number of carbonyl (C=O) groups is 2. The van der Waals surface area contributed by atoms with Crippen LogP contribution in [0.1, 0.15) is 30.2 Å². The average molecular weight is 350 g/mol. The Morgan fingerprint density at radius 3 is 2.79 bits per heavy atom. The SMILES string of the molecule is COc1cc(NC(=O)CSc2nncn2C(C)C)ccc1C(=O)O. The predicted molar refractivity (Wildman–Crippen MR) is 89.7 cm³/mol. The molecule has 0 bridgehead atoms. The van der Waals surface area contributed by atoms with E-state index in [4.69, 9.17) is 9.84 Å². The molecule has 2 N–H and O–H groups in total. The molecular weight excluding hydrogens is 332 g/mol. The molecule has 0 aliphatic rings. The number of carboxylic acid groups (broad SMARTS) is 1. The number of anilines is 1. The number of aromatic nitrogens is 3. The van der Waals surface area contributed by atoms with Gasteiger partial charge < -0.3 is 19.7 Å². The zero-order chi connectivity index (χ0) is 17.7. The molecule has 8 nitrogen and oxygen atoms in total. The molecule has 1 aromatic carbocycles. The fraction of sp³-hybridized carbons (Fsp3) is 0.333. The summed E-state index contributed by atoms with van der Waals surface area (Å²) in [5.74, 6) is -0.974. The first-order chi connectivity index (χ1) is 11.4. The largest absolute Gasteiger partial charge is 0.496 e. The maximum Gasteiger partial charge on any atom is 0.339 e. The summed E-state index contributed by atoms with van der Waals surface area (Å²) in [5, 5.41) is 20.2. The third kappa shape index (κ3) is 4.25. The van der Waals surface area contributed by atoms with E-state index >= 15 is 0 Å². The Morgan fingerprint density at radius 2 is 2.17 bits per heavy atom. The van der Waals surface area contributed by atoms with Crippen LogP contribution in [0.3, 0.4) is 0 Å². The van der Waals surface area contributed by atoms with E-state index < -0.39 is 5.97 Å². The van der Waals surface area contributed by atoms with Gasteiger partial charge in [-0.15, -0.1) is 10.2 Å². The summed E-state index contributed by atoms with van der Waals surface area (Å²) in [6, 6.07) is 4.59. The van der Waals surface area contributed by atoms with Gasteiger partial charge in [-0.1, -0.05) is 11.8 Å². The number of aromatic carboxylic acids is 1. The lowest BCUT2D eigenvalue weighted by Crippen LogP contribution is -2.15. The van der Waals surface area contributed by atoms with E-state index in [2.05, 4.69) is 15.5 Å². The molecule has 0 saturated heterocycles. The number of ether oxygens (including phenoxy) is 1. The molecule has 128 valence electrons. The quantitative estimate of drug-likeness (QED) is 0.738. The lowest BCUT2D eigenvalue weighted by Gasteiger charge is -2.10. The van der Waals surface area contributed by atoms with E-state index in [1.807, 2.05) is 18.4 Å². The van der Waals surface area contributed by atoms with E-state index in [1.165, 1.54) is 37.1 Å². The van der Waals surface area contributed by atoms with Gasteiger partial charge in [0, 0.05) is 17.8 Å². The van der Waals surface area contributed by atoms with Gasteiger partial charge in [-0.25, -0.2) is 4.79 Å². The van der Waals surface area contributed by atoms with Gasteiger partial charge in [0.15, 0.2) is 5.16 Å². The molecule has 2 rings (SSSR count). The maximum absolute atomic E-state index is 12.1. The fourth-order valence-corrected chi connectivity index (χ4v) is 2.81. The molecule has 1 aromatic heterocycles. The molecule has 2 aromatic rings. The number of hydrogen-bond acceptors (Lipinski definition) is 6. The van der Waals surface area contributed by atoms with E-state index in [0.29, 0.717) is 10.8 Å². The number of benzene rings is 1. The van der Waals surface area contributed by atoms with E-state index in [1.54, 1.807) is 6.33 Å². The van der Waals surface area contributed by atoms with Crippen LogP contribution in [0, 0.1) is 0 Å². The van der Waals surface area contributed by atoms with Crippen LogP contribution < -0.4 is 10.1 Å². The van der Waals surface area contributed by atoms with E-state index in [9.17, 15) is 9.59 Å². The van der Waals surface area contributed by atoms with Crippen LogP contribution in [0.25, 0.3) is 0 Å². The van der Waals surface area contributed by atoms with Crippen molar-refractivity contribution in [3.63, 3.8) is 0 Å². The van der Waals surface area contributed by atoms with Gasteiger partial charge in [0.1, 0.15) is 17.6 Å². The average Bonchev–Trinajstić information content (AvgIpc) is 3.01. The first-order valence-corrected chi connectivity index (χ1v) is 8.14. The third-order valence-electron chi connectivity index (χ3n) is 3.14. The summed E-state index contributed by atoms with van der Waals surface area (Å²) >= 11 is 1.28. The van der Waals surface area contributed by atoms with Crippen LogP contribution in [-0.4, -0.2) is 44.6 Å². The molecule has 0 spiro atoms. The Hall–Kier alpha value is -2.55. The minimum Gasteiger partial charge on any atom is -0.496 e. The number of carbonyl (C=O) groups excluding carboxylic acids is 1. The van der Waals surface area contributed by atoms with Gasteiger partial charge in [-0.2, -0.15) is 0 Å². The van der Waals surface area contributed by atoms with Gasteiger partial charge in [0.25, 0.3) is 0 Å². The van der Waals surface area contributed by atoms with Crippen molar-refractivity contribution in [1.29, 1.82) is 0 Å². The second kappa shape index (κ2) is 7.82. The van der Waals surface area contributed by atoms with Crippen LogP contribution in [0.15, 0.2) is 29.7 Å². The van der Waals surface area contributed by atoms with Crippen LogP contribution in [0.2, 0.25) is 0 Å². The van der Waals surface area contributed by atoms with Gasteiger partial charge in [0.05, 0.1) is 12.9 Å². The monoisotopic (exact) mass is 350 g/mol. The number of carboxylic acids is 1. The van der Waals surface area contributed by atoms with E-state index in [-0.39, 0.29) is 29.0 Å². The minimum absolute atomic E-state index is 0.0370. The lowest BCUT2D eigenvalue weighted by atomic mass is 10.2. The van der Waals surface area contributed by atoms with Crippen molar-refractivity contribution < 1.29 is 19.4 Å². The number of thioether (sulfide) groups is 1. The fourth-order valence-electron chi connectivity index (χ4n) is 1.96. The number of nitrogens with zero attached hydrogens (tertiary/aromatic N) is 3. The molecular formula is C15H18N4O4S. The molecule has 0 unspecified atom stereocenters. The molecule has 0 aliphatic heterocycles. The Labute approximate surface area is 143 Å². The zero-order valence-corrected chi connectivity index (χ0v) is 14.3. The van der Waals surface area contributed by atoms with Gasteiger partial charge in [-0.3, -0.25) is 4.79 Å². The summed E-state index contributed by atoms with van der Waals surface area (Å²) in [6.45, 7) is 4.01. The van der Waals surface area contributed by atoms with Crippen molar-refractivity contribution in [3.8, 4) is 5.75 Å². The Bertz CT molecular complexity index is 745. The van der Waals surface area contributed by atoms with Crippen molar-refractivity contribution in [2.75, 3.05) is 18.2 Å². The van der Waals surface area contributed by atoms with Crippen LogP contribution in [-0.2, 0) is 4.79 Å². The van der Waals surface area contributed by atoms with Crippen LogP contribution >= 0.6 is 11.8 Å². The summed E-state index contributed by atoms with van der Waals surface area (Å²) in [4.78, 5) is 23.1. The van der Waals surface area contributed by atoms with Crippen LogP contribution in [0.4, 0.5) is 5.69 Å². The molecule has 24 heavy (non-hydrogen) atoms. The highest BCUT2D eigenvalue weighted by Gasteiger charge is 2.14. The molecule has 0 radical (unpaired) electrons. The predicted octanol–water partition coefficient (Wildman–Crippen LogP) is 2.30. The summed E-state index contributed by atoms with van der Waals surface area (Å²) in [6.07, 6.45) is 1.63. The molecule has 0 fully saturated rings. The maximum atomic E-state index is 12.1. The number of nitrogens with one attached hydrogen (secondary N) is 1. The summed E-state index contributed by atoms with van der Waals surface area (Å²) in [5.41, 5.74) is 0.502. The van der Waals surface area contributed by atoms with Crippen molar-refractivity contribution in [2.24, 2.45) is 0 Å². The highest BCUT2D eigenvalue weighted by molar-refractivity contribution is 7.99. The zero-order valence-electron chi connectivity index (χ0n) is 13.5. The minimum atomic E-state index is -1.09. The van der Waals surface area contributed by atoms with Crippen molar-refractivity contribution in [2.45, 2.75) is 25.0 Å². The second-order valence-corrected chi connectivity index (χ2v) is 6.11. The summed E-state index contributed by atoms with van der Waals surface area (Å²) in [7, 11) is 1.38.